The fourth-order valence-corrected chi connectivity index (χ4v) is 3.28. The largest absolute Gasteiger partial charge is 0.357 e. The third kappa shape index (κ3) is 6.37. The molecule has 1 aliphatic rings. The first-order valence-corrected chi connectivity index (χ1v) is 9.65. The summed E-state index contributed by atoms with van der Waals surface area (Å²) >= 11 is 5.83. The fraction of sp³-hybridized carbons (Fsp3) is 0.533. The predicted octanol–water partition coefficient (Wildman–Crippen LogP) is 1.58. The molecular weight excluding hydrogens is 336 g/mol. The Morgan fingerprint density at radius 3 is 2.74 bits per heavy atom. The van der Waals surface area contributed by atoms with Gasteiger partial charge in [-0.3, -0.25) is 4.99 Å². The normalized spacial score (nSPS) is 15.5. The molecular formula is C15H23ClN4O2S. The van der Waals surface area contributed by atoms with Gasteiger partial charge in [-0.05, 0) is 43.9 Å². The van der Waals surface area contributed by atoms with Crippen LogP contribution < -0.4 is 15.4 Å². The van der Waals surface area contributed by atoms with Gasteiger partial charge in [0.2, 0.25) is 10.0 Å². The van der Waals surface area contributed by atoms with Crippen LogP contribution in [0.25, 0.3) is 0 Å². The van der Waals surface area contributed by atoms with E-state index in [4.69, 9.17) is 11.6 Å². The number of sulfonamides is 1. The number of nitrogens with one attached hydrogen (secondary N) is 3. The van der Waals surface area contributed by atoms with E-state index in [9.17, 15) is 8.42 Å². The third-order valence-corrected chi connectivity index (χ3v) is 5.06. The highest BCUT2D eigenvalue weighted by Gasteiger charge is 2.20. The molecule has 0 heterocycles. The number of hydrogen-bond acceptors (Lipinski definition) is 3. The lowest BCUT2D eigenvalue weighted by atomic mass is 10.4. The highest BCUT2D eigenvalue weighted by molar-refractivity contribution is 7.89. The molecule has 1 saturated carbocycles. The van der Waals surface area contributed by atoms with Crippen LogP contribution in [0.4, 0.5) is 0 Å². The molecule has 0 bridgehead atoms. The predicted molar refractivity (Wildman–Crippen MR) is 93.3 cm³/mol. The van der Waals surface area contributed by atoms with Gasteiger partial charge in [0.05, 0.1) is 4.90 Å². The average Bonchev–Trinajstić information content (AvgIpc) is 3.33. The van der Waals surface area contributed by atoms with Gasteiger partial charge in [-0.25, -0.2) is 13.1 Å². The van der Waals surface area contributed by atoms with Crippen molar-refractivity contribution in [3.05, 3.63) is 29.3 Å². The summed E-state index contributed by atoms with van der Waals surface area (Å²) < 4.78 is 26.8. The molecule has 1 fully saturated rings. The Balaban J connectivity index is 1.79. The van der Waals surface area contributed by atoms with Gasteiger partial charge < -0.3 is 10.6 Å². The SMILES string of the molecule is CCNC(=NCC1CC1)NCCNS(=O)(=O)c1cccc(Cl)c1. The van der Waals surface area contributed by atoms with Crippen molar-refractivity contribution in [2.75, 3.05) is 26.2 Å². The number of aliphatic imine (C=N–C) groups is 1. The van der Waals surface area contributed by atoms with E-state index in [1.54, 1.807) is 12.1 Å². The lowest BCUT2D eigenvalue weighted by molar-refractivity contribution is 0.580. The lowest BCUT2D eigenvalue weighted by Gasteiger charge is -2.12. The molecule has 23 heavy (non-hydrogen) atoms. The Hall–Kier alpha value is -1.31. The van der Waals surface area contributed by atoms with E-state index in [2.05, 4.69) is 20.3 Å². The summed E-state index contributed by atoms with van der Waals surface area (Å²) in [5.74, 6) is 1.44. The van der Waals surface area contributed by atoms with Gasteiger partial charge in [0.25, 0.3) is 0 Å². The number of benzene rings is 1. The minimum atomic E-state index is -3.54. The van der Waals surface area contributed by atoms with Crippen LogP contribution in [0.2, 0.25) is 5.02 Å². The second kappa shape index (κ2) is 8.52. The highest BCUT2D eigenvalue weighted by atomic mass is 35.5. The summed E-state index contributed by atoms with van der Waals surface area (Å²) in [6.07, 6.45) is 2.50. The Bertz CT molecular complexity index is 645. The molecule has 2 rings (SSSR count). The van der Waals surface area contributed by atoms with Crippen LogP contribution in [-0.4, -0.2) is 40.6 Å². The average molecular weight is 359 g/mol. The summed E-state index contributed by atoms with van der Waals surface area (Å²) in [6, 6.07) is 6.20. The van der Waals surface area contributed by atoms with Crippen molar-refractivity contribution in [3.8, 4) is 0 Å². The second-order valence-corrected chi connectivity index (χ2v) is 7.65. The van der Waals surface area contributed by atoms with Gasteiger partial charge in [-0.1, -0.05) is 17.7 Å². The maximum atomic E-state index is 12.1. The Kier molecular flexibility index (Phi) is 6.68. The number of halogens is 1. The molecule has 0 radical (unpaired) electrons. The molecule has 0 spiro atoms. The lowest BCUT2D eigenvalue weighted by Crippen LogP contribution is -2.41. The topological polar surface area (TPSA) is 82.6 Å². The molecule has 1 aromatic rings. The van der Waals surface area contributed by atoms with E-state index in [0.29, 0.717) is 17.5 Å². The number of guanidine groups is 1. The zero-order valence-corrected chi connectivity index (χ0v) is 14.8. The van der Waals surface area contributed by atoms with Crippen molar-refractivity contribution < 1.29 is 8.42 Å². The van der Waals surface area contributed by atoms with Crippen LogP contribution in [-0.2, 0) is 10.0 Å². The van der Waals surface area contributed by atoms with Gasteiger partial charge in [-0.2, -0.15) is 0 Å². The summed E-state index contributed by atoms with van der Waals surface area (Å²) in [4.78, 5) is 4.65. The van der Waals surface area contributed by atoms with E-state index in [0.717, 1.165) is 19.0 Å². The molecule has 1 aromatic carbocycles. The van der Waals surface area contributed by atoms with Gasteiger partial charge in [0.1, 0.15) is 0 Å². The second-order valence-electron chi connectivity index (χ2n) is 5.44. The number of rotatable bonds is 8. The third-order valence-electron chi connectivity index (χ3n) is 3.36. The Labute approximate surface area is 142 Å². The van der Waals surface area contributed by atoms with Crippen molar-refractivity contribution >= 4 is 27.6 Å². The van der Waals surface area contributed by atoms with Crippen LogP contribution in [0.5, 0.6) is 0 Å². The first-order chi connectivity index (χ1) is 11.0. The monoisotopic (exact) mass is 358 g/mol. The molecule has 0 saturated heterocycles. The minimum Gasteiger partial charge on any atom is -0.357 e. The molecule has 0 unspecified atom stereocenters. The van der Waals surface area contributed by atoms with E-state index in [1.807, 2.05) is 6.92 Å². The van der Waals surface area contributed by atoms with Gasteiger partial charge in [-0.15, -0.1) is 0 Å². The maximum absolute atomic E-state index is 12.1. The Morgan fingerprint density at radius 1 is 1.30 bits per heavy atom. The molecule has 128 valence electrons. The molecule has 8 heteroatoms. The van der Waals surface area contributed by atoms with Crippen LogP contribution in [0, 0.1) is 5.92 Å². The van der Waals surface area contributed by atoms with E-state index in [1.165, 1.54) is 25.0 Å². The van der Waals surface area contributed by atoms with Crippen molar-refractivity contribution in [2.45, 2.75) is 24.7 Å². The first-order valence-electron chi connectivity index (χ1n) is 7.78. The van der Waals surface area contributed by atoms with E-state index >= 15 is 0 Å². The number of hydrogen-bond donors (Lipinski definition) is 3. The van der Waals surface area contributed by atoms with Crippen LogP contribution >= 0.6 is 11.6 Å². The summed E-state index contributed by atoms with van der Waals surface area (Å²) in [7, 11) is -3.54. The summed E-state index contributed by atoms with van der Waals surface area (Å²) in [5, 5.41) is 6.67. The van der Waals surface area contributed by atoms with Crippen molar-refractivity contribution in [3.63, 3.8) is 0 Å². The van der Waals surface area contributed by atoms with Gasteiger partial charge >= 0.3 is 0 Å². The van der Waals surface area contributed by atoms with Crippen molar-refractivity contribution in [2.24, 2.45) is 10.9 Å². The van der Waals surface area contributed by atoms with Crippen molar-refractivity contribution in [1.29, 1.82) is 0 Å². The maximum Gasteiger partial charge on any atom is 0.240 e. The highest BCUT2D eigenvalue weighted by Crippen LogP contribution is 2.28. The van der Waals surface area contributed by atoms with E-state index < -0.39 is 10.0 Å². The minimum absolute atomic E-state index is 0.166. The van der Waals surface area contributed by atoms with Gasteiger partial charge in [0, 0.05) is 31.2 Å². The molecule has 0 aliphatic heterocycles. The molecule has 0 atom stereocenters. The van der Waals surface area contributed by atoms with Crippen molar-refractivity contribution in [1.82, 2.24) is 15.4 Å². The molecule has 3 N–H and O–H groups in total. The standard InChI is InChI=1S/C15H23ClN4O2S/c1-2-17-15(19-11-12-6-7-12)18-8-9-20-23(21,22)14-5-3-4-13(16)10-14/h3-5,10,12,20H,2,6-9,11H2,1H3,(H2,17,18,19). The fourth-order valence-electron chi connectivity index (χ4n) is 1.95. The zero-order valence-electron chi connectivity index (χ0n) is 13.2. The molecule has 0 aromatic heterocycles. The van der Waals surface area contributed by atoms with E-state index in [-0.39, 0.29) is 11.4 Å². The summed E-state index contributed by atoms with van der Waals surface area (Å²) in [5.41, 5.74) is 0. The molecule has 6 nitrogen and oxygen atoms in total. The molecule has 1 aliphatic carbocycles. The Morgan fingerprint density at radius 2 is 2.09 bits per heavy atom. The van der Waals surface area contributed by atoms with Gasteiger partial charge in [0.15, 0.2) is 5.96 Å². The molecule has 0 amide bonds. The van der Waals surface area contributed by atoms with Crippen LogP contribution in [0.3, 0.4) is 0 Å². The summed E-state index contributed by atoms with van der Waals surface area (Å²) in [6.45, 7) is 4.31. The number of nitrogens with zero attached hydrogens (tertiary/aromatic N) is 1. The van der Waals surface area contributed by atoms with Crippen LogP contribution in [0.1, 0.15) is 19.8 Å². The van der Waals surface area contributed by atoms with Crippen LogP contribution in [0.15, 0.2) is 34.2 Å². The first kappa shape index (κ1) is 18.0. The quantitative estimate of drug-likeness (QED) is 0.374. The zero-order chi connectivity index (χ0) is 16.7. The smallest absolute Gasteiger partial charge is 0.240 e.